The number of aromatic nitrogens is 4. The van der Waals surface area contributed by atoms with Gasteiger partial charge in [0.15, 0.2) is 17.2 Å². The number of nitriles is 2. The van der Waals surface area contributed by atoms with Crippen molar-refractivity contribution in [1.29, 1.82) is 10.5 Å². The van der Waals surface area contributed by atoms with Crippen LogP contribution in [0.25, 0.3) is 5.65 Å². The molecular formula is C25H28ClN11O. The van der Waals surface area contributed by atoms with Crippen molar-refractivity contribution in [2.24, 2.45) is 0 Å². The first-order valence-corrected chi connectivity index (χ1v) is 13.2. The molecular weight excluding hydrogens is 506 g/mol. The Morgan fingerprint density at radius 1 is 1.16 bits per heavy atom. The second kappa shape index (κ2) is 10.6. The minimum atomic E-state index is 0.255. The van der Waals surface area contributed by atoms with Gasteiger partial charge in [0, 0.05) is 51.4 Å². The van der Waals surface area contributed by atoms with Gasteiger partial charge in [-0.2, -0.15) is 20.0 Å². The second-order valence-corrected chi connectivity index (χ2v) is 10.2. The summed E-state index contributed by atoms with van der Waals surface area (Å²) in [5.74, 6) is 0.804. The van der Waals surface area contributed by atoms with Gasteiger partial charge in [-0.15, -0.1) is 5.10 Å². The van der Waals surface area contributed by atoms with Crippen LogP contribution in [0.5, 0.6) is 0 Å². The molecule has 1 aromatic carbocycles. The summed E-state index contributed by atoms with van der Waals surface area (Å²) < 4.78 is 7.06. The number of hydrogen-bond acceptors (Lipinski definition) is 11. The Bertz CT molecular complexity index is 1410. The third kappa shape index (κ3) is 5.17. The summed E-state index contributed by atoms with van der Waals surface area (Å²) >= 11 is 6.91. The molecule has 6 rings (SSSR count). The van der Waals surface area contributed by atoms with E-state index in [9.17, 15) is 10.5 Å². The van der Waals surface area contributed by atoms with Crippen LogP contribution in [0.2, 0.25) is 5.02 Å². The van der Waals surface area contributed by atoms with E-state index in [0.29, 0.717) is 45.5 Å². The van der Waals surface area contributed by atoms with Gasteiger partial charge in [0.1, 0.15) is 6.07 Å². The second-order valence-electron chi connectivity index (χ2n) is 9.80. The molecule has 3 aliphatic rings. The summed E-state index contributed by atoms with van der Waals surface area (Å²) in [4.78, 5) is 13.6. The van der Waals surface area contributed by atoms with Gasteiger partial charge in [-0.25, -0.2) is 4.98 Å². The normalized spacial score (nSPS) is 20.2. The van der Waals surface area contributed by atoms with E-state index in [4.69, 9.17) is 16.3 Å². The van der Waals surface area contributed by atoms with Crippen molar-refractivity contribution >= 4 is 40.4 Å². The lowest BCUT2D eigenvalue weighted by Crippen LogP contribution is -2.53. The lowest BCUT2D eigenvalue weighted by molar-refractivity contribution is 0.0610. The summed E-state index contributed by atoms with van der Waals surface area (Å²) in [6.45, 7) is 6.72. The van der Waals surface area contributed by atoms with Crippen molar-refractivity contribution in [2.75, 3.05) is 68.0 Å². The van der Waals surface area contributed by atoms with E-state index >= 15 is 0 Å². The first-order valence-electron chi connectivity index (χ1n) is 12.8. The zero-order chi connectivity index (χ0) is 26.1. The number of halogens is 1. The molecule has 2 saturated heterocycles. The highest BCUT2D eigenvalue weighted by molar-refractivity contribution is 6.36. The third-order valence-corrected chi connectivity index (χ3v) is 7.41. The number of imidazole rings is 1. The summed E-state index contributed by atoms with van der Waals surface area (Å²) in [7, 11) is 0. The molecule has 0 bridgehead atoms. The number of nitrogens with one attached hydrogen (secondary N) is 3. The molecule has 1 atom stereocenters. The Morgan fingerprint density at radius 2 is 2.00 bits per heavy atom. The summed E-state index contributed by atoms with van der Waals surface area (Å²) in [6.07, 6.45) is 3.59. The summed E-state index contributed by atoms with van der Waals surface area (Å²) in [5, 5.41) is 34.3. The molecule has 13 heteroatoms. The highest BCUT2D eigenvalue weighted by Gasteiger charge is 2.26. The minimum Gasteiger partial charge on any atom is -0.378 e. The van der Waals surface area contributed by atoms with Gasteiger partial charge in [0.25, 0.3) is 0 Å². The Labute approximate surface area is 225 Å². The molecule has 1 unspecified atom stereocenters. The van der Waals surface area contributed by atoms with Crippen LogP contribution in [0.1, 0.15) is 24.1 Å². The summed E-state index contributed by atoms with van der Waals surface area (Å²) in [6, 6.07) is 8.56. The van der Waals surface area contributed by atoms with Crippen molar-refractivity contribution in [1.82, 2.24) is 29.8 Å². The van der Waals surface area contributed by atoms with Crippen molar-refractivity contribution in [2.45, 2.75) is 24.9 Å². The monoisotopic (exact) mass is 533 g/mol. The molecule has 2 aliphatic heterocycles. The molecule has 3 aromatic rings. The van der Waals surface area contributed by atoms with Crippen LogP contribution in [0, 0.1) is 22.7 Å². The van der Waals surface area contributed by atoms with Gasteiger partial charge in [-0.3, -0.25) is 4.90 Å². The Kier molecular flexibility index (Phi) is 6.87. The number of rotatable bonds is 7. The Morgan fingerprint density at radius 3 is 2.71 bits per heavy atom. The third-order valence-electron chi connectivity index (χ3n) is 7.01. The van der Waals surface area contributed by atoms with Gasteiger partial charge in [-0.05, 0) is 25.0 Å². The van der Waals surface area contributed by atoms with E-state index in [1.807, 2.05) is 6.07 Å². The molecule has 1 aliphatic carbocycles. The van der Waals surface area contributed by atoms with Gasteiger partial charge in [-0.1, -0.05) is 11.6 Å². The fourth-order valence-electron chi connectivity index (χ4n) is 4.86. The van der Waals surface area contributed by atoms with Gasteiger partial charge in [0.05, 0.1) is 47.4 Å². The number of ether oxygens (including phenoxy) is 1. The maximum Gasteiger partial charge on any atom is 0.247 e. The Hall–Kier alpha value is -3.68. The van der Waals surface area contributed by atoms with E-state index in [0.717, 1.165) is 71.0 Å². The molecule has 0 amide bonds. The number of anilines is 4. The highest BCUT2D eigenvalue weighted by Crippen LogP contribution is 2.36. The average Bonchev–Trinajstić information content (AvgIpc) is 3.66. The van der Waals surface area contributed by atoms with Crippen LogP contribution in [-0.4, -0.2) is 89.0 Å². The predicted molar refractivity (Wildman–Crippen MR) is 143 cm³/mol. The molecule has 12 nitrogen and oxygen atoms in total. The van der Waals surface area contributed by atoms with Crippen LogP contribution >= 0.6 is 11.6 Å². The molecule has 4 heterocycles. The number of hydrogen-bond donors (Lipinski definition) is 3. The molecule has 196 valence electrons. The zero-order valence-corrected chi connectivity index (χ0v) is 21.6. The lowest BCUT2D eigenvalue weighted by Gasteiger charge is -2.38. The smallest absolute Gasteiger partial charge is 0.247 e. The van der Waals surface area contributed by atoms with Crippen molar-refractivity contribution < 1.29 is 4.74 Å². The largest absolute Gasteiger partial charge is 0.378 e. The van der Waals surface area contributed by atoms with Crippen LogP contribution in [0.4, 0.5) is 23.1 Å². The maximum absolute atomic E-state index is 9.74. The van der Waals surface area contributed by atoms with Gasteiger partial charge >= 0.3 is 0 Å². The van der Waals surface area contributed by atoms with Crippen LogP contribution in [0.3, 0.4) is 0 Å². The molecule has 0 spiro atoms. The highest BCUT2D eigenvalue weighted by atomic mass is 35.5. The zero-order valence-electron chi connectivity index (χ0n) is 20.8. The average molecular weight is 534 g/mol. The topological polar surface area (TPSA) is 142 Å². The SMILES string of the molecule is N#Cc1cc(Nc2nc(NC3CC3)c3ncc(C#N)n3n2)c(Cl)c(N2CCN(CC3COCCN3)CC2)c1. The number of piperazine rings is 1. The molecule has 38 heavy (non-hydrogen) atoms. The quantitative estimate of drug-likeness (QED) is 0.410. The Balaban J connectivity index is 1.24. The first kappa shape index (κ1) is 24.6. The van der Waals surface area contributed by atoms with Gasteiger partial charge in [0.2, 0.25) is 5.95 Å². The van der Waals surface area contributed by atoms with Crippen LogP contribution in [-0.2, 0) is 4.74 Å². The number of nitrogens with zero attached hydrogens (tertiary/aromatic N) is 8. The number of fused-ring (bicyclic) bond motifs is 1. The maximum atomic E-state index is 9.74. The summed E-state index contributed by atoms with van der Waals surface area (Å²) in [5.41, 5.74) is 2.60. The van der Waals surface area contributed by atoms with Crippen LogP contribution in [0.15, 0.2) is 18.3 Å². The van der Waals surface area contributed by atoms with Crippen LogP contribution < -0.4 is 20.9 Å². The molecule has 3 fully saturated rings. The van der Waals surface area contributed by atoms with Crippen molar-refractivity contribution in [3.05, 3.63) is 34.6 Å². The van der Waals surface area contributed by atoms with E-state index in [2.05, 4.69) is 53.0 Å². The van der Waals surface area contributed by atoms with E-state index in [1.54, 1.807) is 6.07 Å². The molecule has 3 N–H and O–H groups in total. The standard InChI is InChI=1S/C25H28ClN11O/c26-22-20(32-25-33-23(31-17-1-2-17)24-30-13-19(12-28)37(24)34-25)9-16(11-27)10-21(22)36-6-4-35(5-7-36)14-18-15-38-8-3-29-18/h9-10,13,17-18,29H,1-8,14-15H2,(H2,31,32,33,34). The van der Waals surface area contributed by atoms with Crippen molar-refractivity contribution in [3.8, 4) is 12.1 Å². The van der Waals surface area contributed by atoms with E-state index in [-0.39, 0.29) is 5.95 Å². The van der Waals surface area contributed by atoms with Gasteiger partial charge < -0.3 is 25.6 Å². The molecule has 0 radical (unpaired) electrons. The fourth-order valence-corrected chi connectivity index (χ4v) is 5.14. The van der Waals surface area contributed by atoms with Crippen molar-refractivity contribution in [3.63, 3.8) is 0 Å². The lowest BCUT2D eigenvalue weighted by atomic mass is 10.1. The first-order chi connectivity index (χ1) is 18.6. The molecule has 1 saturated carbocycles. The van der Waals surface area contributed by atoms with E-state index in [1.165, 1.54) is 10.7 Å². The number of morpholine rings is 1. The number of benzene rings is 1. The fraction of sp³-hybridized carbons (Fsp3) is 0.480. The predicted octanol–water partition coefficient (Wildman–Crippen LogP) is 1.95. The molecule has 2 aromatic heterocycles. The minimum absolute atomic E-state index is 0.255. The van der Waals surface area contributed by atoms with E-state index < -0.39 is 0 Å².